The zero-order valence-corrected chi connectivity index (χ0v) is 13.1. The molecule has 1 atom stereocenters. The van der Waals surface area contributed by atoms with Crippen molar-refractivity contribution >= 4 is 27.4 Å². The molecule has 0 aromatic carbocycles. The molecule has 110 valence electrons. The molecular formula is C13H19BrN4O2. The fraction of sp³-hybridized carbons (Fsp3) is 0.615. The van der Waals surface area contributed by atoms with Crippen LogP contribution >= 0.6 is 15.9 Å². The quantitative estimate of drug-likeness (QED) is 0.635. The average molecular weight is 343 g/mol. The van der Waals surface area contributed by atoms with Crippen LogP contribution in [0.2, 0.25) is 0 Å². The van der Waals surface area contributed by atoms with Crippen LogP contribution in [0.4, 0.5) is 11.5 Å². The van der Waals surface area contributed by atoms with Crippen LogP contribution in [0.15, 0.2) is 10.7 Å². The fourth-order valence-electron chi connectivity index (χ4n) is 2.44. The third-order valence-corrected chi connectivity index (χ3v) is 4.65. The molecule has 6 nitrogen and oxygen atoms in total. The van der Waals surface area contributed by atoms with E-state index in [2.05, 4.69) is 31.5 Å². The van der Waals surface area contributed by atoms with Gasteiger partial charge >= 0.3 is 0 Å². The predicted octanol–water partition coefficient (Wildman–Crippen LogP) is 2.86. The molecule has 2 rings (SSSR count). The van der Waals surface area contributed by atoms with Gasteiger partial charge < -0.3 is 10.6 Å². The summed E-state index contributed by atoms with van der Waals surface area (Å²) in [4.78, 5) is 14.5. The molecule has 20 heavy (non-hydrogen) atoms. The van der Waals surface area contributed by atoms with Crippen molar-refractivity contribution in [3.8, 4) is 0 Å². The lowest BCUT2D eigenvalue weighted by Crippen LogP contribution is -2.30. The van der Waals surface area contributed by atoms with Gasteiger partial charge in [0.05, 0.1) is 9.40 Å². The Kier molecular flexibility index (Phi) is 5.31. The summed E-state index contributed by atoms with van der Waals surface area (Å²) >= 11 is 3.38. The summed E-state index contributed by atoms with van der Waals surface area (Å²) in [5, 5.41) is 17.5. The number of anilines is 1. The zero-order valence-electron chi connectivity index (χ0n) is 11.5. The highest BCUT2D eigenvalue weighted by atomic mass is 79.9. The number of halogens is 1. The summed E-state index contributed by atoms with van der Waals surface area (Å²) in [6, 6.07) is 0. The number of hydrogen-bond acceptors (Lipinski definition) is 5. The molecule has 0 saturated carbocycles. The molecule has 0 amide bonds. The van der Waals surface area contributed by atoms with E-state index in [1.165, 1.54) is 19.0 Å². The van der Waals surface area contributed by atoms with Gasteiger partial charge in [0.25, 0.3) is 5.69 Å². The number of nitrogens with zero attached hydrogens (tertiary/aromatic N) is 2. The van der Waals surface area contributed by atoms with Crippen LogP contribution in [0.1, 0.15) is 24.8 Å². The number of pyridine rings is 1. The van der Waals surface area contributed by atoms with Gasteiger partial charge in [0.1, 0.15) is 12.0 Å². The molecule has 1 unspecified atom stereocenters. The van der Waals surface area contributed by atoms with E-state index in [1.54, 1.807) is 6.92 Å². The van der Waals surface area contributed by atoms with E-state index in [9.17, 15) is 10.1 Å². The Morgan fingerprint density at radius 2 is 2.45 bits per heavy atom. The SMILES string of the molecule is Cc1c([N+](=O)[O-])cnc(NCCC2CCCNC2)c1Br. The summed E-state index contributed by atoms with van der Waals surface area (Å²) in [6.45, 7) is 4.75. The van der Waals surface area contributed by atoms with Crippen molar-refractivity contribution in [3.05, 3.63) is 26.3 Å². The summed E-state index contributed by atoms with van der Waals surface area (Å²) < 4.78 is 0.675. The molecule has 2 heterocycles. The van der Waals surface area contributed by atoms with Gasteiger partial charge in [-0.05, 0) is 61.1 Å². The van der Waals surface area contributed by atoms with Gasteiger partial charge in [-0.25, -0.2) is 4.98 Å². The standard InChI is InChI=1S/C13H19BrN4O2/c1-9-11(18(19)20)8-17-13(12(9)14)16-6-4-10-3-2-5-15-7-10/h8,10,15H,2-7H2,1H3,(H,16,17). The molecule has 0 bridgehead atoms. The minimum absolute atomic E-state index is 0.0407. The summed E-state index contributed by atoms with van der Waals surface area (Å²) in [6.07, 6.45) is 4.90. The third-order valence-electron chi connectivity index (χ3n) is 3.68. The normalized spacial score (nSPS) is 18.8. The lowest BCUT2D eigenvalue weighted by Gasteiger charge is -2.22. The number of nitro groups is 1. The summed E-state index contributed by atoms with van der Waals surface area (Å²) in [7, 11) is 0. The Hall–Kier alpha value is -1.21. The van der Waals surface area contributed by atoms with Crippen LogP contribution in [-0.2, 0) is 0 Å². The van der Waals surface area contributed by atoms with Crippen LogP contribution in [0.3, 0.4) is 0 Å². The second-order valence-electron chi connectivity index (χ2n) is 5.12. The molecule has 7 heteroatoms. The highest BCUT2D eigenvalue weighted by molar-refractivity contribution is 9.10. The third kappa shape index (κ3) is 3.67. The number of rotatable bonds is 5. The molecular weight excluding hydrogens is 324 g/mol. The second kappa shape index (κ2) is 6.99. The van der Waals surface area contributed by atoms with Crippen LogP contribution < -0.4 is 10.6 Å². The van der Waals surface area contributed by atoms with E-state index in [0.29, 0.717) is 21.8 Å². The minimum atomic E-state index is -0.412. The van der Waals surface area contributed by atoms with Gasteiger partial charge in [0, 0.05) is 12.1 Å². The maximum Gasteiger partial charge on any atom is 0.291 e. The summed E-state index contributed by atoms with van der Waals surface area (Å²) in [5.41, 5.74) is 0.644. The van der Waals surface area contributed by atoms with Gasteiger partial charge in [0.2, 0.25) is 0 Å². The molecule has 1 aliphatic rings. The van der Waals surface area contributed by atoms with E-state index in [-0.39, 0.29) is 5.69 Å². The van der Waals surface area contributed by atoms with E-state index in [1.807, 2.05) is 0 Å². The Morgan fingerprint density at radius 1 is 1.65 bits per heavy atom. The maximum atomic E-state index is 10.8. The largest absolute Gasteiger partial charge is 0.369 e. The second-order valence-corrected chi connectivity index (χ2v) is 5.91. The van der Waals surface area contributed by atoms with Crippen LogP contribution in [0, 0.1) is 23.0 Å². The fourth-order valence-corrected chi connectivity index (χ4v) is 2.89. The first kappa shape index (κ1) is 15.2. The van der Waals surface area contributed by atoms with Crippen LogP contribution in [0.5, 0.6) is 0 Å². The Balaban J connectivity index is 1.92. The molecule has 1 saturated heterocycles. The van der Waals surface area contributed by atoms with Gasteiger partial charge in [-0.2, -0.15) is 0 Å². The first-order valence-corrected chi connectivity index (χ1v) is 7.63. The van der Waals surface area contributed by atoms with Crippen molar-refractivity contribution in [1.29, 1.82) is 0 Å². The van der Waals surface area contributed by atoms with Crippen molar-refractivity contribution in [1.82, 2.24) is 10.3 Å². The van der Waals surface area contributed by atoms with Gasteiger partial charge in [-0.15, -0.1) is 0 Å². The first-order valence-electron chi connectivity index (χ1n) is 6.83. The number of hydrogen-bond donors (Lipinski definition) is 2. The Morgan fingerprint density at radius 3 is 3.10 bits per heavy atom. The lowest BCUT2D eigenvalue weighted by atomic mass is 9.96. The Labute approximate surface area is 126 Å². The van der Waals surface area contributed by atoms with E-state index < -0.39 is 4.92 Å². The van der Waals surface area contributed by atoms with E-state index in [4.69, 9.17) is 0 Å². The van der Waals surface area contributed by atoms with Crippen molar-refractivity contribution in [2.24, 2.45) is 5.92 Å². The molecule has 0 radical (unpaired) electrons. The molecule has 2 N–H and O–H groups in total. The topological polar surface area (TPSA) is 80.1 Å². The number of nitrogens with one attached hydrogen (secondary N) is 2. The van der Waals surface area contributed by atoms with E-state index >= 15 is 0 Å². The van der Waals surface area contributed by atoms with Gasteiger partial charge in [0.15, 0.2) is 0 Å². The molecule has 1 fully saturated rings. The molecule has 0 aliphatic carbocycles. The first-order chi connectivity index (χ1) is 9.59. The monoisotopic (exact) mass is 342 g/mol. The highest BCUT2D eigenvalue weighted by Gasteiger charge is 2.17. The lowest BCUT2D eigenvalue weighted by molar-refractivity contribution is -0.385. The van der Waals surface area contributed by atoms with E-state index in [0.717, 1.165) is 26.1 Å². The minimum Gasteiger partial charge on any atom is -0.369 e. The molecule has 1 aliphatic heterocycles. The maximum absolute atomic E-state index is 10.8. The number of piperidine rings is 1. The number of aromatic nitrogens is 1. The zero-order chi connectivity index (χ0) is 14.5. The van der Waals surface area contributed by atoms with Gasteiger partial charge in [-0.3, -0.25) is 10.1 Å². The average Bonchev–Trinajstić information content (AvgIpc) is 2.44. The van der Waals surface area contributed by atoms with Crippen molar-refractivity contribution < 1.29 is 4.92 Å². The van der Waals surface area contributed by atoms with Crippen LogP contribution in [-0.4, -0.2) is 29.5 Å². The predicted molar refractivity (Wildman–Crippen MR) is 82.0 cm³/mol. The molecule has 1 aromatic rings. The summed E-state index contributed by atoms with van der Waals surface area (Å²) in [5.74, 6) is 1.38. The van der Waals surface area contributed by atoms with Crippen molar-refractivity contribution in [3.63, 3.8) is 0 Å². The smallest absolute Gasteiger partial charge is 0.291 e. The Bertz CT molecular complexity index is 490. The van der Waals surface area contributed by atoms with Crippen LogP contribution in [0.25, 0.3) is 0 Å². The highest BCUT2D eigenvalue weighted by Crippen LogP contribution is 2.30. The van der Waals surface area contributed by atoms with Crippen molar-refractivity contribution in [2.45, 2.75) is 26.2 Å². The van der Waals surface area contributed by atoms with Crippen molar-refractivity contribution in [2.75, 3.05) is 25.0 Å². The van der Waals surface area contributed by atoms with Gasteiger partial charge in [-0.1, -0.05) is 0 Å². The molecule has 1 aromatic heterocycles. The molecule has 0 spiro atoms.